The van der Waals surface area contributed by atoms with E-state index in [2.05, 4.69) is 0 Å². The summed E-state index contributed by atoms with van der Waals surface area (Å²) in [5.41, 5.74) is 0. The molecule has 0 saturated carbocycles. The minimum Gasteiger partial charge on any atom is -0.512 e. The number of hydrogen-bond donors (Lipinski definition) is 0. The Kier molecular flexibility index (Phi) is 419. The summed E-state index contributed by atoms with van der Waals surface area (Å²) in [6, 6.07) is 0. The van der Waals surface area contributed by atoms with Gasteiger partial charge in [0.25, 0.3) is 0 Å². The molecule has 0 saturated heterocycles. The minimum absolute atomic E-state index is 0. The van der Waals surface area contributed by atoms with Gasteiger partial charge in [0.05, 0.1) is 0 Å². The molecule has 0 aliphatic rings. The second-order valence-electron chi connectivity index (χ2n) is 0. The van der Waals surface area contributed by atoms with E-state index in [1.807, 2.05) is 0 Å². The fourth-order valence-electron chi connectivity index (χ4n) is 0. The standard InChI is InChI=1S/3CN.Cu/c3*1-2;/q3*-1;+2. The molecular formula is C3CuN3-. The van der Waals surface area contributed by atoms with Crippen molar-refractivity contribution < 1.29 is 17.1 Å². The summed E-state index contributed by atoms with van der Waals surface area (Å²) in [6.45, 7) is 14.2. The Morgan fingerprint density at radius 3 is 0.571 bits per heavy atom. The van der Waals surface area contributed by atoms with E-state index >= 15 is 0 Å². The molecule has 0 amide bonds. The summed E-state index contributed by atoms with van der Waals surface area (Å²) in [6.07, 6.45) is 0. The molecule has 0 aromatic rings. The Labute approximate surface area is 53.3 Å². The van der Waals surface area contributed by atoms with Crippen LogP contribution < -0.4 is 0 Å². The monoisotopic (exact) mass is 141 g/mol. The fourth-order valence-corrected chi connectivity index (χ4v) is 0. The van der Waals surface area contributed by atoms with Gasteiger partial charge < -0.3 is 35.5 Å². The van der Waals surface area contributed by atoms with E-state index in [1.54, 1.807) is 0 Å². The predicted molar refractivity (Wildman–Crippen MR) is 14.9 cm³/mol. The van der Waals surface area contributed by atoms with Gasteiger partial charge in [-0.25, -0.2) is 0 Å². The SMILES string of the molecule is [C-]#N.[C-]#N.[C-]#N.[Cu+2]. The van der Waals surface area contributed by atoms with Gasteiger partial charge in [-0.2, -0.15) is 0 Å². The van der Waals surface area contributed by atoms with Crippen molar-refractivity contribution in [3.8, 4) is 0 Å². The first-order chi connectivity index (χ1) is 3.00. The molecule has 0 aliphatic heterocycles. The van der Waals surface area contributed by atoms with Crippen molar-refractivity contribution in [1.82, 2.24) is 0 Å². The van der Waals surface area contributed by atoms with Crippen molar-refractivity contribution >= 4 is 0 Å². The van der Waals surface area contributed by atoms with Crippen LogP contribution in [0.15, 0.2) is 0 Å². The maximum absolute atomic E-state index is 6.25. The first kappa shape index (κ1) is 37.7. The van der Waals surface area contributed by atoms with Gasteiger partial charge in [0, 0.05) is 0 Å². The number of rotatable bonds is 0. The van der Waals surface area contributed by atoms with Crippen LogP contribution in [-0.2, 0) is 17.1 Å². The Hall–Kier alpha value is -1.01. The molecule has 0 aromatic heterocycles. The quantitative estimate of drug-likeness (QED) is 0.360. The third kappa shape index (κ3) is 43.7. The first-order valence-corrected chi connectivity index (χ1v) is 0.671. The van der Waals surface area contributed by atoms with Crippen molar-refractivity contribution in [2.75, 3.05) is 0 Å². The van der Waals surface area contributed by atoms with E-state index in [1.165, 1.54) is 0 Å². The van der Waals surface area contributed by atoms with Gasteiger partial charge in [-0.3, -0.25) is 0 Å². The molecule has 3 nitrogen and oxygen atoms in total. The summed E-state index contributed by atoms with van der Waals surface area (Å²) in [7, 11) is 0. The maximum atomic E-state index is 6.25. The van der Waals surface area contributed by atoms with Gasteiger partial charge in [0.2, 0.25) is 0 Å². The molecule has 0 aromatic carbocycles. The van der Waals surface area contributed by atoms with Crippen LogP contribution in [0.4, 0.5) is 0 Å². The molecule has 0 aliphatic carbocycles. The van der Waals surface area contributed by atoms with Gasteiger partial charge in [-0.05, 0) is 0 Å². The van der Waals surface area contributed by atoms with E-state index in [9.17, 15) is 0 Å². The number of nitrogens with zero attached hydrogens (tertiary/aromatic N) is 3. The second kappa shape index (κ2) is 77.8. The smallest absolute Gasteiger partial charge is 0.512 e. The summed E-state index contributed by atoms with van der Waals surface area (Å²) in [4.78, 5) is 0. The van der Waals surface area contributed by atoms with Crippen molar-refractivity contribution in [2.45, 2.75) is 0 Å². The second-order valence-corrected chi connectivity index (χ2v) is 0. The van der Waals surface area contributed by atoms with E-state index in [0.29, 0.717) is 0 Å². The fraction of sp³-hybridized carbons (Fsp3) is 0. The molecule has 0 rings (SSSR count). The molecule has 0 N–H and O–H groups in total. The Bertz CT molecular complexity index is 38.7. The van der Waals surface area contributed by atoms with Crippen molar-refractivity contribution in [2.24, 2.45) is 0 Å². The summed E-state index contributed by atoms with van der Waals surface area (Å²) >= 11 is 0. The molecule has 0 bridgehead atoms. The third-order valence-electron chi connectivity index (χ3n) is 0. The van der Waals surface area contributed by atoms with Crippen LogP contribution >= 0.6 is 0 Å². The topological polar surface area (TPSA) is 71.4 Å². The van der Waals surface area contributed by atoms with Crippen LogP contribution in [0.3, 0.4) is 0 Å². The summed E-state index contributed by atoms with van der Waals surface area (Å²) in [5, 5.41) is 18.8. The maximum Gasteiger partial charge on any atom is 2.00 e. The molecule has 0 unspecified atom stereocenters. The van der Waals surface area contributed by atoms with Crippen LogP contribution in [0.25, 0.3) is 0 Å². The molecule has 0 atom stereocenters. The molecule has 39 valence electrons. The molecular weight excluding hydrogens is 142 g/mol. The average Bonchev–Trinajstić information content (AvgIpc) is 1.81. The predicted octanol–water partition coefficient (Wildman–Crippen LogP) is 0.287. The van der Waals surface area contributed by atoms with Crippen LogP contribution in [-0.4, -0.2) is 0 Å². The zero-order valence-electron chi connectivity index (χ0n) is 3.14. The zero-order chi connectivity index (χ0) is 6.00. The Morgan fingerprint density at radius 1 is 0.571 bits per heavy atom. The zero-order valence-corrected chi connectivity index (χ0v) is 4.08. The Morgan fingerprint density at radius 2 is 0.571 bits per heavy atom. The molecule has 0 spiro atoms. The van der Waals surface area contributed by atoms with Crippen LogP contribution in [0.2, 0.25) is 0 Å². The van der Waals surface area contributed by atoms with E-state index in [0.717, 1.165) is 0 Å². The largest absolute Gasteiger partial charge is 2.00 e. The molecule has 7 heavy (non-hydrogen) atoms. The number of hydrogen-bond acceptors (Lipinski definition) is 3. The molecule has 0 fully saturated rings. The third-order valence-corrected chi connectivity index (χ3v) is 0. The first-order valence-electron chi connectivity index (χ1n) is 0.671. The van der Waals surface area contributed by atoms with Crippen LogP contribution in [0, 0.1) is 35.5 Å². The summed E-state index contributed by atoms with van der Waals surface area (Å²) < 4.78 is 0. The van der Waals surface area contributed by atoms with Crippen molar-refractivity contribution in [3.63, 3.8) is 0 Å². The van der Waals surface area contributed by atoms with E-state index in [-0.39, 0.29) is 17.1 Å². The summed E-state index contributed by atoms with van der Waals surface area (Å²) in [5.74, 6) is 0. The van der Waals surface area contributed by atoms with E-state index < -0.39 is 0 Å². The van der Waals surface area contributed by atoms with Crippen molar-refractivity contribution in [3.05, 3.63) is 19.7 Å². The van der Waals surface area contributed by atoms with Gasteiger partial charge in [0.1, 0.15) is 0 Å². The minimum atomic E-state index is 0. The molecule has 0 heterocycles. The van der Waals surface area contributed by atoms with Gasteiger partial charge in [-0.15, -0.1) is 0 Å². The van der Waals surface area contributed by atoms with Gasteiger partial charge in [0.15, 0.2) is 0 Å². The molecule has 4 heteroatoms. The van der Waals surface area contributed by atoms with Gasteiger partial charge >= 0.3 is 17.1 Å². The van der Waals surface area contributed by atoms with Crippen LogP contribution in [0.1, 0.15) is 0 Å². The Balaban J connectivity index is -0.00000000900. The van der Waals surface area contributed by atoms with Crippen molar-refractivity contribution in [1.29, 1.82) is 15.8 Å². The normalized spacial score (nSPS) is 0.857. The van der Waals surface area contributed by atoms with Gasteiger partial charge in [-0.1, -0.05) is 0 Å². The van der Waals surface area contributed by atoms with E-state index in [4.69, 9.17) is 35.5 Å². The average molecular weight is 142 g/mol. The van der Waals surface area contributed by atoms with Crippen LogP contribution in [0.5, 0.6) is 0 Å². The molecule has 1 radical (unpaired) electrons.